The summed E-state index contributed by atoms with van der Waals surface area (Å²) in [7, 11) is 0. The highest BCUT2D eigenvalue weighted by Gasteiger charge is 2.16. The van der Waals surface area contributed by atoms with Crippen molar-refractivity contribution >= 4 is 22.7 Å². The second kappa shape index (κ2) is 8.23. The van der Waals surface area contributed by atoms with Gasteiger partial charge in [0.25, 0.3) is 0 Å². The van der Waals surface area contributed by atoms with Gasteiger partial charge in [0.15, 0.2) is 11.5 Å². The fourth-order valence-electron chi connectivity index (χ4n) is 4.03. The Morgan fingerprint density at radius 2 is 1.90 bits per heavy atom. The third-order valence-corrected chi connectivity index (χ3v) is 5.67. The Hall–Kier alpha value is -3.65. The molecule has 0 amide bonds. The summed E-state index contributed by atoms with van der Waals surface area (Å²) in [5, 5.41) is 8.65. The molecule has 8 heteroatoms. The van der Waals surface area contributed by atoms with Gasteiger partial charge in [-0.15, -0.1) is 0 Å². The highest BCUT2D eigenvalue weighted by molar-refractivity contribution is 6.12. The van der Waals surface area contributed by atoms with E-state index in [0.29, 0.717) is 22.9 Å². The van der Waals surface area contributed by atoms with Crippen molar-refractivity contribution in [1.29, 1.82) is 5.41 Å². The summed E-state index contributed by atoms with van der Waals surface area (Å²) in [6.07, 6.45) is 11.0. The van der Waals surface area contributed by atoms with Crippen LogP contribution in [0.25, 0.3) is 22.3 Å². The maximum absolute atomic E-state index is 8.65. The third-order valence-electron chi connectivity index (χ3n) is 5.67. The van der Waals surface area contributed by atoms with Crippen LogP contribution in [0.3, 0.4) is 0 Å². The van der Waals surface area contributed by atoms with E-state index in [0.717, 1.165) is 36.3 Å². The number of piperidine rings is 1. The van der Waals surface area contributed by atoms with Crippen LogP contribution >= 0.6 is 0 Å². The predicted octanol–water partition coefficient (Wildman–Crippen LogP) is 3.40. The first-order valence-electron chi connectivity index (χ1n) is 10.5. The van der Waals surface area contributed by atoms with Crippen molar-refractivity contribution in [2.75, 3.05) is 18.8 Å². The molecule has 0 aromatic carbocycles. The molecule has 1 fully saturated rings. The lowest BCUT2D eigenvalue weighted by molar-refractivity contribution is 0.220. The smallest absolute Gasteiger partial charge is 0.178 e. The summed E-state index contributed by atoms with van der Waals surface area (Å²) >= 11 is 0. The van der Waals surface area contributed by atoms with Gasteiger partial charge in [-0.05, 0) is 55.8 Å². The molecule has 31 heavy (non-hydrogen) atoms. The Bertz CT molecular complexity index is 1210. The van der Waals surface area contributed by atoms with Crippen molar-refractivity contribution < 1.29 is 0 Å². The lowest BCUT2D eigenvalue weighted by Crippen LogP contribution is -2.29. The van der Waals surface area contributed by atoms with Gasteiger partial charge in [-0.1, -0.05) is 6.42 Å². The number of hydrogen-bond donors (Lipinski definition) is 3. The minimum atomic E-state index is 0.183. The van der Waals surface area contributed by atoms with Crippen molar-refractivity contribution in [1.82, 2.24) is 29.8 Å². The molecule has 0 spiro atoms. The first-order chi connectivity index (χ1) is 15.2. The number of hydrogen-bond acceptors (Lipinski definition) is 7. The number of aromatic nitrogens is 5. The van der Waals surface area contributed by atoms with Gasteiger partial charge in [-0.25, -0.2) is 15.0 Å². The first kappa shape index (κ1) is 19.3. The highest BCUT2D eigenvalue weighted by Crippen LogP contribution is 2.25. The molecule has 0 atom stereocenters. The molecule has 5 rings (SSSR count). The molecule has 0 unspecified atom stereocenters. The Morgan fingerprint density at radius 1 is 1.06 bits per heavy atom. The Morgan fingerprint density at radius 3 is 2.74 bits per heavy atom. The third kappa shape index (κ3) is 4.02. The Kier molecular flexibility index (Phi) is 5.13. The molecule has 1 aliphatic heterocycles. The molecule has 1 saturated heterocycles. The summed E-state index contributed by atoms with van der Waals surface area (Å²) in [6, 6.07) is 7.73. The number of nitrogen functional groups attached to an aromatic ring is 1. The lowest BCUT2D eigenvalue weighted by atomic mass is 10.0. The lowest BCUT2D eigenvalue weighted by Gasteiger charge is -2.26. The van der Waals surface area contributed by atoms with E-state index >= 15 is 0 Å². The molecule has 0 saturated carbocycles. The number of aromatic amines is 1. The van der Waals surface area contributed by atoms with Gasteiger partial charge >= 0.3 is 0 Å². The van der Waals surface area contributed by atoms with Crippen molar-refractivity contribution in [3.05, 3.63) is 66.0 Å². The van der Waals surface area contributed by atoms with Gasteiger partial charge < -0.3 is 10.7 Å². The van der Waals surface area contributed by atoms with Crippen LogP contribution in [-0.2, 0) is 6.54 Å². The summed E-state index contributed by atoms with van der Waals surface area (Å²) in [4.78, 5) is 23.0. The summed E-state index contributed by atoms with van der Waals surface area (Å²) in [6.45, 7) is 3.18. The molecule has 8 nitrogen and oxygen atoms in total. The quantitative estimate of drug-likeness (QED) is 0.432. The number of imidazole rings is 1. The van der Waals surface area contributed by atoms with Crippen molar-refractivity contribution in [2.45, 2.75) is 25.8 Å². The van der Waals surface area contributed by atoms with Crippen LogP contribution in [0.15, 0.2) is 49.1 Å². The van der Waals surface area contributed by atoms with E-state index < -0.39 is 0 Å². The van der Waals surface area contributed by atoms with E-state index in [1.165, 1.54) is 24.8 Å². The largest absolute Gasteiger partial charge is 0.383 e. The second-order valence-electron chi connectivity index (χ2n) is 7.91. The molecule has 0 aliphatic carbocycles. The monoisotopic (exact) mass is 412 g/mol. The minimum absolute atomic E-state index is 0.183. The van der Waals surface area contributed by atoms with Crippen molar-refractivity contribution in [3.8, 4) is 11.1 Å². The maximum Gasteiger partial charge on any atom is 0.178 e. The first-order valence-corrected chi connectivity index (χ1v) is 10.5. The van der Waals surface area contributed by atoms with Gasteiger partial charge in [0.2, 0.25) is 0 Å². The van der Waals surface area contributed by atoms with Gasteiger partial charge in [0.05, 0.1) is 5.52 Å². The number of likely N-dealkylation sites (tertiary alicyclic amines) is 1. The fourth-order valence-corrected chi connectivity index (χ4v) is 4.03. The number of anilines is 1. The van der Waals surface area contributed by atoms with Crippen LogP contribution in [0.1, 0.15) is 36.2 Å². The molecule has 0 bridgehead atoms. The zero-order chi connectivity index (χ0) is 21.2. The number of pyridine rings is 3. The topological polar surface area (TPSA) is 120 Å². The van der Waals surface area contributed by atoms with E-state index in [-0.39, 0.29) is 5.71 Å². The van der Waals surface area contributed by atoms with Crippen molar-refractivity contribution in [3.63, 3.8) is 0 Å². The second-order valence-corrected chi connectivity index (χ2v) is 7.91. The molecule has 5 heterocycles. The van der Waals surface area contributed by atoms with Crippen LogP contribution in [0, 0.1) is 5.41 Å². The molecular formula is C23H24N8. The van der Waals surface area contributed by atoms with E-state index in [1.54, 1.807) is 12.4 Å². The average Bonchev–Trinajstić information content (AvgIpc) is 3.24. The number of H-pyrrole nitrogens is 1. The summed E-state index contributed by atoms with van der Waals surface area (Å²) < 4.78 is 0. The molecule has 4 aromatic rings. The average molecular weight is 413 g/mol. The molecule has 0 radical (unpaired) electrons. The van der Waals surface area contributed by atoms with Crippen LogP contribution in [0.5, 0.6) is 0 Å². The van der Waals surface area contributed by atoms with Crippen molar-refractivity contribution in [2.24, 2.45) is 0 Å². The Labute approximate surface area is 180 Å². The summed E-state index contributed by atoms with van der Waals surface area (Å²) in [5.74, 6) is 0.705. The number of nitrogens with one attached hydrogen (secondary N) is 2. The predicted molar refractivity (Wildman–Crippen MR) is 121 cm³/mol. The number of nitrogens with two attached hydrogens (primary N) is 1. The number of nitrogens with zero attached hydrogens (tertiary/aromatic N) is 5. The molecule has 4 N–H and O–H groups in total. The van der Waals surface area contributed by atoms with Crippen LogP contribution in [0.2, 0.25) is 0 Å². The SMILES string of the molecule is N=C(c1nc2ncccc2[nH]1)c1cc(-c2cncc(CN3CCCCC3)c2)cnc1N. The van der Waals surface area contributed by atoms with Gasteiger partial charge in [0, 0.05) is 48.0 Å². The minimum Gasteiger partial charge on any atom is -0.383 e. The number of rotatable bonds is 5. The molecule has 1 aliphatic rings. The van der Waals surface area contributed by atoms with Crippen LogP contribution in [-0.4, -0.2) is 48.6 Å². The van der Waals surface area contributed by atoms with E-state index in [1.807, 2.05) is 30.6 Å². The zero-order valence-corrected chi connectivity index (χ0v) is 17.2. The maximum atomic E-state index is 8.65. The van der Waals surface area contributed by atoms with Crippen LogP contribution < -0.4 is 5.73 Å². The summed E-state index contributed by atoms with van der Waals surface area (Å²) in [5.41, 5.74) is 11.2. The zero-order valence-electron chi connectivity index (χ0n) is 17.2. The van der Waals surface area contributed by atoms with E-state index in [2.05, 4.69) is 35.9 Å². The molecular weight excluding hydrogens is 388 g/mol. The van der Waals surface area contributed by atoms with E-state index in [4.69, 9.17) is 11.1 Å². The molecule has 156 valence electrons. The van der Waals surface area contributed by atoms with Gasteiger partial charge in [0.1, 0.15) is 11.5 Å². The van der Waals surface area contributed by atoms with Crippen LogP contribution in [0.4, 0.5) is 5.82 Å². The van der Waals surface area contributed by atoms with E-state index in [9.17, 15) is 0 Å². The highest BCUT2D eigenvalue weighted by atomic mass is 15.1. The standard InChI is InChI=1S/C23H24N8/c24-20(23-29-19-5-4-6-27-22(19)30-23)18-10-17(13-28-21(18)25)16-9-15(11-26-12-16)14-31-7-2-1-3-8-31/h4-6,9-13,24H,1-3,7-8,14H2,(H2,25,28)(H,27,29,30). The van der Waals surface area contributed by atoms with Gasteiger partial charge in [-0.2, -0.15) is 0 Å². The van der Waals surface area contributed by atoms with Gasteiger partial charge in [-0.3, -0.25) is 15.3 Å². The Balaban J connectivity index is 1.44. The normalized spacial score (nSPS) is 14.7. The molecule has 4 aromatic heterocycles. The fraction of sp³-hybridized carbons (Fsp3) is 0.261. The number of fused-ring (bicyclic) bond motifs is 1.